The molecule has 0 saturated heterocycles. The van der Waals surface area contributed by atoms with Crippen molar-refractivity contribution in [1.29, 1.82) is 0 Å². The van der Waals surface area contributed by atoms with E-state index in [9.17, 15) is 9.50 Å². The number of ether oxygens (including phenoxy) is 1. The first-order chi connectivity index (χ1) is 9.51. The molecular weight excluding hydrogens is 255 g/mol. The molecule has 1 unspecified atom stereocenters. The van der Waals surface area contributed by atoms with Gasteiger partial charge in [-0.25, -0.2) is 4.39 Å². The first kappa shape index (κ1) is 14.5. The number of halogens is 1. The molecule has 2 nitrogen and oxygen atoms in total. The number of rotatable bonds is 4. The zero-order valence-electron chi connectivity index (χ0n) is 12.0. The third kappa shape index (κ3) is 3.17. The van der Waals surface area contributed by atoms with E-state index < -0.39 is 6.10 Å². The van der Waals surface area contributed by atoms with Gasteiger partial charge >= 0.3 is 0 Å². The molecular formula is C17H19FO2. The number of methoxy groups -OCH3 is 1. The molecule has 20 heavy (non-hydrogen) atoms. The van der Waals surface area contributed by atoms with Crippen LogP contribution in [0.1, 0.15) is 28.4 Å². The molecule has 1 N–H and O–H groups in total. The third-order valence-electron chi connectivity index (χ3n) is 3.55. The molecule has 0 aliphatic heterocycles. The summed E-state index contributed by atoms with van der Waals surface area (Å²) in [6.07, 6.45) is -0.358. The molecule has 0 aromatic heterocycles. The fourth-order valence-electron chi connectivity index (χ4n) is 2.23. The molecule has 0 amide bonds. The normalized spacial score (nSPS) is 12.2. The minimum atomic E-state index is -0.789. The highest BCUT2D eigenvalue weighted by Gasteiger charge is 2.15. The number of aliphatic hydroxyl groups is 1. The lowest BCUT2D eigenvalue weighted by atomic mass is 9.98. The van der Waals surface area contributed by atoms with Crippen LogP contribution in [0, 0.1) is 19.7 Å². The van der Waals surface area contributed by atoms with E-state index in [0.29, 0.717) is 17.7 Å². The molecule has 106 valence electrons. The van der Waals surface area contributed by atoms with Crippen LogP contribution in [0.25, 0.3) is 0 Å². The Balaban J connectivity index is 2.25. The van der Waals surface area contributed by atoms with Crippen molar-refractivity contribution < 1.29 is 14.2 Å². The van der Waals surface area contributed by atoms with E-state index in [1.54, 1.807) is 0 Å². The smallest absolute Gasteiger partial charge is 0.124 e. The Morgan fingerprint density at radius 3 is 2.50 bits per heavy atom. The average molecular weight is 274 g/mol. The quantitative estimate of drug-likeness (QED) is 0.920. The number of aliphatic hydroxyl groups excluding tert-OH is 1. The Bertz CT molecular complexity index is 608. The Morgan fingerprint density at radius 2 is 1.85 bits per heavy atom. The van der Waals surface area contributed by atoms with Crippen LogP contribution in [0.15, 0.2) is 36.4 Å². The number of aryl methyl sites for hydroxylation is 2. The van der Waals surface area contributed by atoms with Crippen molar-refractivity contribution in [1.82, 2.24) is 0 Å². The fraction of sp³-hybridized carbons (Fsp3) is 0.294. The second-order valence-corrected chi connectivity index (χ2v) is 5.02. The van der Waals surface area contributed by atoms with Crippen molar-refractivity contribution >= 4 is 0 Å². The van der Waals surface area contributed by atoms with Crippen LogP contribution in [0.5, 0.6) is 5.75 Å². The summed E-state index contributed by atoms with van der Waals surface area (Å²) in [6, 6.07) is 10.2. The van der Waals surface area contributed by atoms with Crippen LogP contribution in [-0.2, 0) is 6.42 Å². The lowest BCUT2D eigenvalue weighted by molar-refractivity contribution is 0.173. The van der Waals surface area contributed by atoms with Gasteiger partial charge in [0.1, 0.15) is 11.6 Å². The van der Waals surface area contributed by atoms with Gasteiger partial charge in [-0.1, -0.05) is 18.2 Å². The van der Waals surface area contributed by atoms with Crippen molar-refractivity contribution in [3.8, 4) is 5.75 Å². The van der Waals surface area contributed by atoms with Gasteiger partial charge in [0.2, 0.25) is 0 Å². The van der Waals surface area contributed by atoms with Gasteiger partial charge in [0.25, 0.3) is 0 Å². The minimum absolute atomic E-state index is 0.375. The van der Waals surface area contributed by atoms with Gasteiger partial charge in [-0.05, 0) is 48.7 Å². The van der Waals surface area contributed by atoms with Crippen LogP contribution in [0.4, 0.5) is 4.39 Å². The predicted molar refractivity (Wildman–Crippen MR) is 77.5 cm³/mol. The Morgan fingerprint density at radius 1 is 1.10 bits per heavy atom. The van der Waals surface area contributed by atoms with E-state index in [-0.39, 0.29) is 5.82 Å². The van der Waals surface area contributed by atoms with Crippen molar-refractivity contribution in [3.63, 3.8) is 0 Å². The molecule has 0 aliphatic carbocycles. The van der Waals surface area contributed by atoms with Crippen LogP contribution in [0.3, 0.4) is 0 Å². The van der Waals surface area contributed by atoms with E-state index >= 15 is 0 Å². The summed E-state index contributed by atoms with van der Waals surface area (Å²) < 4.78 is 18.5. The predicted octanol–water partition coefficient (Wildman–Crippen LogP) is 3.73. The van der Waals surface area contributed by atoms with E-state index in [0.717, 1.165) is 5.56 Å². The number of hydrogen-bond donors (Lipinski definition) is 1. The van der Waals surface area contributed by atoms with Crippen LogP contribution >= 0.6 is 0 Å². The molecule has 0 fully saturated rings. The van der Waals surface area contributed by atoms with Crippen molar-refractivity contribution in [2.24, 2.45) is 0 Å². The van der Waals surface area contributed by atoms with Crippen LogP contribution < -0.4 is 4.74 Å². The lowest BCUT2D eigenvalue weighted by Gasteiger charge is -2.15. The Labute approximate surface area is 118 Å². The standard InChI is InChI=1S/C17H19FO2/c1-11-4-5-13(8-12(11)2)9-16(19)15-10-14(18)6-7-17(15)20-3/h4-8,10,16,19H,9H2,1-3H3. The molecule has 2 aromatic carbocycles. The Hall–Kier alpha value is -1.87. The largest absolute Gasteiger partial charge is 0.496 e. The highest BCUT2D eigenvalue weighted by Crippen LogP contribution is 2.28. The molecule has 0 heterocycles. The maximum absolute atomic E-state index is 13.3. The van der Waals surface area contributed by atoms with Gasteiger partial charge in [-0.15, -0.1) is 0 Å². The van der Waals surface area contributed by atoms with Gasteiger partial charge < -0.3 is 9.84 Å². The molecule has 0 radical (unpaired) electrons. The summed E-state index contributed by atoms with van der Waals surface area (Å²) >= 11 is 0. The molecule has 3 heteroatoms. The molecule has 0 saturated carbocycles. The van der Waals surface area contributed by atoms with E-state index in [1.165, 1.54) is 36.4 Å². The lowest BCUT2D eigenvalue weighted by Crippen LogP contribution is -2.05. The van der Waals surface area contributed by atoms with Gasteiger partial charge in [-0.3, -0.25) is 0 Å². The number of hydrogen-bond acceptors (Lipinski definition) is 2. The summed E-state index contributed by atoms with van der Waals surface area (Å²) in [4.78, 5) is 0. The van der Waals surface area contributed by atoms with Gasteiger partial charge in [0, 0.05) is 12.0 Å². The second-order valence-electron chi connectivity index (χ2n) is 5.02. The van der Waals surface area contributed by atoms with E-state index in [1.807, 2.05) is 32.0 Å². The van der Waals surface area contributed by atoms with Crippen molar-refractivity contribution in [2.45, 2.75) is 26.4 Å². The molecule has 0 aliphatic rings. The maximum atomic E-state index is 13.3. The van der Waals surface area contributed by atoms with Gasteiger partial charge in [0.05, 0.1) is 13.2 Å². The first-order valence-corrected chi connectivity index (χ1v) is 6.59. The fourth-order valence-corrected chi connectivity index (χ4v) is 2.23. The van der Waals surface area contributed by atoms with Crippen LogP contribution in [0.2, 0.25) is 0 Å². The summed E-state index contributed by atoms with van der Waals surface area (Å²) in [7, 11) is 1.51. The average Bonchev–Trinajstić information content (AvgIpc) is 2.43. The Kier molecular flexibility index (Phi) is 4.40. The minimum Gasteiger partial charge on any atom is -0.496 e. The molecule has 0 bridgehead atoms. The van der Waals surface area contributed by atoms with Crippen LogP contribution in [-0.4, -0.2) is 12.2 Å². The second kappa shape index (κ2) is 6.06. The summed E-state index contributed by atoms with van der Waals surface area (Å²) in [5, 5.41) is 10.3. The van der Waals surface area contributed by atoms with Gasteiger partial charge in [0.15, 0.2) is 0 Å². The summed E-state index contributed by atoms with van der Waals surface area (Å²) in [5.74, 6) is 0.127. The van der Waals surface area contributed by atoms with Crippen molar-refractivity contribution in [2.75, 3.05) is 7.11 Å². The summed E-state index contributed by atoms with van der Waals surface area (Å²) in [5.41, 5.74) is 3.89. The van der Waals surface area contributed by atoms with Crippen molar-refractivity contribution in [3.05, 3.63) is 64.5 Å². The topological polar surface area (TPSA) is 29.5 Å². The monoisotopic (exact) mass is 274 g/mol. The molecule has 1 atom stereocenters. The maximum Gasteiger partial charge on any atom is 0.124 e. The van der Waals surface area contributed by atoms with E-state index in [4.69, 9.17) is 4.74 Å². The van der Waals surface area contributed by atoms with E-state index in [2.05, 4.69) is 0 Å². The molecule has 2 aromatic rings. The summed E-state index contributed by atoms with van der Waals surface area (Å²) in [6.45, 7) is 4.08. The van der Waals surface area contributed by atoms with Gasteiger partial charge in [-0.2, -0.15) is 0 Å². The zero-order valence-corrected chi connectivity index (χ0v) is 12.0. The SMILES string of the molecule is COc1ccc(F)cc1C(O)Cc1ccc(C)c(C)c1. The first-order valence-electron chi connectivity index (χ1n) is 6.59. The molecule has 0 spiro atoms. The highest BCUT2D eigenvalue weighted by atomic mass is 19.1. The third-order valence-corrected chi connectivity index (χ3v) is 3.55. The zero-order chi connectivity index (χ0) is 14.7. The highest BCUT2D eigenvalue weighted by molar-refractivity contribution is 5.37. The molecule has 2 rings (SSSR count). The number of benzene rings is 2.